The Morgan fingerprint density at radius 1 is 1.62 bits per heavy atom. The van der Waals surface area contributed by atoms with Crippen molar-refractivity contribution in [2.45, 2.75) is 29.9 Å². The fourth-order valence-corrected chi connectivity index (χ4v) is 3.61. The van der Waals surface area contributed by atoms with Gasteiger partial charge < -0.3 is 5.11 Å². The van der Waals surface area contributed by atoms with Crippen LogP contribution in [0.15, 0.2) is 23.3 Å². The molecule has 2 aliphatic rings. The fourth-order valence-electron chi connectivity index (χ4n) is 1.94. The first-order valence-electron chi connectivity index (χ1n) is 4.56. The number of hydrogen-bond acceptors (Lipinski definition) is 2. The van der Waals surface area contributed by atoms with Gasteiger partial charge in [0.1, 0.15) is 0 Å². The van der Waals surface area contributed by atoms with Crippen molar-refractivity contribution in [1.82, 2.24) is 0 Å². The summed E-state index contributed by atoms with van der Waals surface area (Å²) in [6.45, 7) is 2.16. The summed E-state index contributed by atoms with van der Waals surface area (Å²) in [4.78, 5) is 0. The standard InChI is InChI=1S/C10H13ClOS/c1-6-4-9(12)8-5-7(11)2-3-10(8)13-6/h2-3,5-6,8-10,12H,4H2,1H3. The van der Waals surface area contributed by atoms with Gasteiger partial charge in [0, 0.05) is 21.5 Å². The predicted octanol–water partition coefficient (Wildman–Crippen LogP) is 2.55. The number of hydrogen-bond donors (Lipinski definition) is 1. The average molecular weight is 217 g/mol. The zero-order chi connectivity index (χ0) is 9.42. The van der Waals surface area contributed by atoms with E-state index < -0.39 is 0 Å². The zero-order valence-electron chi connectivity index (χ0n) is 7.48. The summed E-state index contributed by atoms with van der Waals surface area (Å²) in [7, 11) is 0. The molecule has 0 spiro atoms. The number of allylic oxidation sites excluding steroid dienone is 2. The first-order valence-corrected chi connectivity index (χ1v) is 5.88. The number of halogens is 1. The SMILES string of the molecule is CC1CC(O)C2C=C(Cl)C=CC2S1. The molecule has 0 radical (unpaired) electrons. The van der Waals surface area contributed by atoms with Crippen LogP contribution >= 0.6 is 23.4 Å². The highest BCUT2D eigenvalue weighted by atomic mass is 35.5. The molecule has 1 saturated heterocycles. The van der Waals surface area contributed by atoms with Gasteiger partial charge in [0.15, 0.2) is 0 Å². The first-order chi connectivity index (χ1) is 6.16. The van der Waals surface area contributed by atoms with Crippen LogP contribution in [-0.4, -0.2) is 21.7 Å². The molecule has 4 atom stereocenters. The van der Waals surface area contributed by atoms with E-state index in [1.165, 1.54) is 0 Å². The van der Waals surface area contributed by atoms with Gasteiger partial charge in [-0.05, 0) is 12.5 Å². The predicted molar refractivity (Wildman–Crippen MR) is 58.0 cm³/mol. The number of aliphatic hydroxyl groups is 1. The topological polar surface area (TPSA) is 20.2 Å². The average Bonchev–Trinajstić information content (AvgIpc) is 2.06. The van der Waals surface area contributed by atoms with E-state index in [9.17, 15) is 5.11 Å². The molecule has 0 amide bonds. The van der Waals surface area contributed by atoms with E-state index in [1.807, 2.05) is 23.9 Å². The molecule has 0 saturated carbocycles. The lowest BCUT2D eigenvalue weighted by Gasteiger charge is -2.36. The Morgan fingerprint density at radius 3 is 3.15 bits per heavy atom. The van der Waals surface area contributed by atoms with Crippen molar-refractivity contribution in [3.8, 4) is 0 Å². The van der Waals surface area contributed by atoms with Gasteiger partial charge in [-0.15, -0.1) is 0 Å². The van der Waals surface area contributed by atoms with E-state index >= 15 is 0 Å². The summed E-state index contributed by atoms with van der Waals surface area (Å²) in [5, 5.41) is 11.6. The number of fused-ring (bicyclic) bond motifs is 1. The minimum absolute atomic E-state index is 0.221. The molecule has 1 nitrogen and oxygen atoms in total. The molecule has 13 heavy (non-hydrogen) atoms. The van der Waals surface area contributed by atoms with Crippen LogP contribution in [0.25, 0.3) is 0 Å². The molecule has 1 fully saturated rings. The summed E-state index contributed by atoms with van der Waals surface area (Å²) < 4.78 is 0. The highest BCUT2D eigenvalue weighted by Gasteiger charge is 2.34. The van der Waals surface area contributed by atoms with Crippen molar-refractivity contribution in [2.24, 2.45) is 5.92 Å². The Balaban J connectivity index is 2.17. The maximum absolute atomic E-state index is 9.84. The molecular weight excluding hydrogens is 204 g/mol. The summed E-state index contributed by atoms with van der Waals surface area (Å²) in [5.74, 6) is 0.221. The van der Waals surface area contributed by atoms with Crippen LogP contribution in [0.5, 0.6) is 0 Å². The maximum Gasteiger partial charge on any atom is 0.0627 e. The molecule has 1 heterocycles. The highest BCUT2D eigenvalue weighted by molar-refractivity contribution is 8.00. The Hall–Kier alpha value is 0.0800. The second kappa shape index (κ2) is 3.68. The van der Waals surface area contributed by atoms with Gasteiger partial charge in [0.2, 0.25) is 0 Å². The zero-order valence-corrected chi connectivity index (χ0v) is 9.05. The Labute approximate surface area is 87.9 Å². The lowest BCUT2D eigenvalue weighted by molar-refractivity contribution is 0.118. The molecule has 0 aromatic heterocycles. The van der Waals surface area contributed by atoms with Gasteiger partial charge in [-0.1, -0.05) is 30.7 Å². The maximum atomic E-state index is 9.84. The van der Waals surface area contributed by atoms with Crippen LogP contribution in [0.3, 0.4) is 0 Å². The molecule has 0 aromatic carbocycles. The molecule has 1 N–H and O–H groups in total. The van der Waals surface area contributed by atoms with Gasteiger partial charge in [0.25, 0.3) is 0 Å². The molecule has 0 bridgehead atoms. The first kappa shape index (κ1) is 9.63. The Kier molecular flexibility index (Phi) is 2.72. The molecule has 2 rings (SSSR count). The van der Waals surface area contributed by atoms with Gasteiger partial charge in [-0.25, -0.2) is 0 Å². The van der Waals surface area contributed by atoms with Crippen LogP contribution in [0.1, 0.15) is 13.3 Å². The second-order valence-corrected chi connectivity index (χ2v) is 5.76. The molecule has 3 heteroatoms. The third-order valence-corrected chi connectivity index (χ3v) is 4.28. The minimum Gasteiger partial charge on any atom is -0.392 e. The third-order valence-electron chi connectivity index (χ3n) is 2.58. The Bertz CT molecular complexity index is 262. The quantitative estimate of drug-likeness (QED) is 0.672. The van der Waals surface area contributed by atoms with E-state index in [0.29, 0.717) is 10.5 Å². The van der Waals surface area contributed by atoms with Crippen molar-refractivity contribution in [3.63, 3.8) is 0 Å². The highest BCUT2D eigenvalue weighted by Crippen LogP contribution is 2.40. The monoisotopic (exact) mass is 216 g/mol. The van der Waals surface area contributed by atoms with Crippen LogP contribution in [-0.2, 0) is 0 Å². The summed E-state index contributed by atoms with van der Waals surface area (Å²) >= 11 is 7.82. The van der Waals surface area contributed by atoms with Crippen molar-refractivity contribution >= 4 is 23.4 Å². The van der Waals surface area contributed by atoms with E-state index in [1.54, 1.807) is 0 Å². The fraction of sp³-hybridized carbons (Fsp3) is 0.600. The lowest BCUT2D eigenvalue weighted by Crippen LogP contribution is -2.36. The van der Waals surface area contributed by atoms with Crippen molar-refractivity contribution in [2.75, 3.05) is 0 Å². The number of aliphatic hydroxyl groups excluding tert-OH is 1. The second-order valence-electron chi connectivity index (χ2n) is 3.70. The summed E-state index contributed by atoms with van der Waals surface area (Å²) in [6.07, 6.45) is 6.67. The van der Waals surface area contributed by atoms with Crippen LogP contribution in [0.2, 0.25) is 0 Å². The van der Waals surface area contributed by atoms with Crippen molar-refractivity contribution < 1.29 is 5.11 Å². The Morgan fingerprint density at radius 2 is 2.38 bits per heavy atom. The molecule has 1 aliphatic heterocycles. The third kappa shape index (κ3) is 1.95. The van der Waals surface area contributed by atoms with Gasteiger partial charge >= 0.3 is 0 Å². The van der Waals surface area contributed by atoms with E-state index in [0.717, 1.165) is 11.5 Å². The number of rotatable bonds is 0. The van der Waals surface area contributed by atoms with Crippen LogP contribution in [0, 0.1) is 5.92 Å². The molecule has 72 valence electrons. The summed E-state index contributed by atoms with van der Waals surface area (Å²) in [6, 6.07) is 0. The molecular formula is C10H13ClOS. The largest absolute Gasteiger partial charge is 0.392 e. The molecule has 0 aromatic rings. The lowest BCUT2D eigenvalue weighted by atomic mass is 9.91. The van der Waals surface area contributed by atoms with Gasteiger partial charge in [0.05, 0.1) is 6.10 Å². The van der Waals surface area contributed by atoms with E-state index in [2.05, 4.69) is 13.0 Å². The minimum atomic E-state index is -0.222. The van der Waals surface area contributed by atoms with E-state index in [-0.39, 0.29) is 12.0 Å². The smallest absolute Gasteiger partial charge is 0.0627 e. The van der Waals surface area contributed by atoms with E-state index in [4.69, 9.17) is 11.6 Å². The van der Waals surface area contributed by atoms with Gasteiger partial charge in [-0.2, -0.15) is 11.8 Å². The van der Waals surface area contributed by atoms with Crippen molar-refractivity contribution in [1.29, 1.82) is 0 Å². The normalized spacial score (nSPS) is 44.1. The van der Waals surface area contributed by atoms with Gasteiger partial charge in [-0.3, -0.25) is 0 Å². The summed E-state index contributed by atoms with van der Waals surface area (Å²) in [5.41, 5.74) is 0. The number of thioether (sulfide) groups is 1. The molecule has 1 aliphatic carbocycles. The van der Waals surface area contributed by atoms with Crippen molar-refractivity contribution in [3.05, 3.63) is 23.3 Å². The van der Waals surface area contributed by atoms with Crippen LogP contribution < -0.4 is 0 Å². The molecule has 4 unspecified atom stereocenters. The van der Waals surface area contributed by atoms with Crippen LogP contribution in [0.4, 0.5) is 0 Å².